The summed E-state index contributed by atoms with van der Waals surface area (Å²) >= 11 is 0. The number of aryl methyl sites for hydroxylation is 2. The molecule has 82 valence electrons. The molecule has 0 unspecified atom stereocenters. The van der Waals surface area contributed by atoms with Crippen molar-refractivity contribution in [2.24, 2.45) is 5.73 Å². The molecule has 0 aliphatic heterocycles. The lowest BCUT2D eigenvalue weighted by Gasteiger charge is -2.22. The Bertz CT molecular complexity index is 356. The Labute approximate surface area is 92.4 Å². The minimum Gasteiger partial charge on any atom is -0.370 e. The average Bonchev–Trinajstić information content (AvgIpc) is 2.17. The van der Waals surface area contributed by atoms with Crippen LogP contribution in [0.15, 0.2) is 30.4 Å². The first-order valence-electron chi connectivity index (χ1n) is 5.19. The Morgan fingerprint density at radius 1 is 1.40 bits per heavy atom. The Balaban J connectivity index is 2.82. The van der Waals surface area contributed by atoms with Crippen molar-refractivity contribution < 1.29 is 0 Å². The lowest BCUT2D eigenvalue weighted by atomic mass is 10.1. The monoisotopic (exact) mass is 204 g/mol. The first kappa shape index (κ1) is 11.8. The predicted molar refractivity (Wildman–Crippen MR) is 67.4 cm³/mol. The van der Waals surface area contributed by atoms with Crippen LogP contribution in [0.1, 0.15) is 11.1 Å². The number of nitrogens with two attached hydrogens (primary N) is 1. The summed E-state index contributed by atoms with van der Waals surface area (Å²) in [6, 6.07) is 6.47. The summed E-state index contributed by atoms with van der Waals surface area (Å²) in [7, 11) is 2.07. The van der Waals surface area contributed by atoms with E-state index in [1.807, 2.05) is 0 Å². The van der Waals surface area contributed by atoms with Gasteiger partial charge >= 0.3 is 0 Å². The molecule has 1 rings (SSSR count). The Hall–Kier alpha value is -1.28. The van der Waals surface area contributed by atoms with Crippen LogP contribution in [0.25, 0.3) is 0 Å². The molecular weight excluding hydrogens is 184 g/mol. The van der Waals surface area contributed by atoms with Gasteiger partial charge < -0.3 is 10.6 Å². The summed E-state index contributed by atoms with van der Waals surface area (Å²) in [5.41, 5.74) is 10.4. The second kappa shape index (κ2) is 4.99. The van der Waals surface area contributed by atoms with Gasteiger partial charge in [0.1, 0.15) is 0 Å². The fourth-order valence-electron chi connectivity index (χ4n) is 1.72. The normalized spacial score (nSPS) is 10.1. The maximum absolute atomic E-state index is 5.53. The molecule has 0 saturated carbocycles. The third kappa shape index (κ3) is 3.10. The molecule has 0 amide bonds. The van der Waals surface area contributed by atoms with Gasteiger partial charge in [0.25, 0.3) is 0 Å². The molecule has 1 aromatic rings. The number of benzene rings is 1. The van der Waals surface area contributed by atoms with Crippen molar-refractivity contribution in [3.63, 3.8) is 0 Å². The lowest BCUT2D eigenvalue weighted by Crippen LogP contribution is -2.23. The van der Waals surface area contributed by atoms with Crippen molar-refractivity contribution in [3.8, 4) is 0 Å². The minimum absolute atomic E-state index is 0.551. The third-order valence-electron chi connectivity index (χ3n) is 2.51. The Morgan fingerprint density at radius 2 is 2.07 bits per heavy atom. The topological polar surface area (TPSA) is 29.3 Å². The van der Waals surface area contributed by atoms with E-state index in [9.17, 15) is 0 Å². The highest BCUT2D eigenvalue weighted by molar-refractivity contribution is 5.54. The molecule has 15 heavy (non-hydrogen) atoms. The van der Waals surface area contributed by atoms with E-state index in [2.05, 4.69) is 50.6 Å². The number of likely N-dealkylation sites (N-methyl/N-ethyl adjacent to an activating group) is 1. The maximum atomic E-state index is 5.53. The van der Waals surface area contributed by atoms with Gasteiger partial charge in [-0.1, -0.05) is 24.3 Å². The maximum Gasteiger partial charge on any atom is 0.0396 e. The summed E-state index contributed by atoms with van der Waals surface area (Å²) in [4.78, 5) is 2.18. The van der Waals surface area contributed by atoms with Gasteiger partial charge in [0.05, 0.1) is 0 Å². The van der Waals surface area contributed by atoms with Gasteiger partial charge in [-0.2, -0.15) is 0 Å². The number of hydrogen-bond donors (Lipinski definition) is 1. The summed E-state index contributed by atoms with van der Waals surface area (Å²) < 4.78 is 0. The highest BCUT2D eigenvalue weighted by Crippen LogP contribution is 2.20. The van der Waals surface area contributed by atoms with Gasteiger partial charge in [-0.25, -0.2) is 0 Å². The zero-order chi connectivity index (χ0) is 11.4. The smallest absolute Gasteiger partial charge is 0.0396 e. The fourth-order valence-corrected chi connectivity index (χ4v) is 1.72. The summed E-state index contributed by atoms with van der Waals surface area (Å²) in [6.45, 7) is 9.53. The van der Waals surface area contributed by atoms with Gasteiger partial charge in [0.15, 0.2) is 0 Å². The number of anilines is 1. The van der Waals surface area contributed by atoms with Crippen LogP contribution in [0.3, 0.4) is 0 Å². The molecule has 1 aromatic carbocycles. The van der Waals surface area contributed by atoms with E-state index >= 15 is 0 Å². The van der Waals surface area contributed by atoms with Crippen LogP contribution in [-0.2, 0) is 0 Å². The van der Waals surface area contributed by atoms with Gasteiger partial charge in [-0.3, -0.25) is 0 Å². The quantitative estimate of drug-likeness (QED) is 0.762. The SMILES string of the molecule is C=C(CN)CN(C)c1ccc(C)cc1C. The van der Waals surface area contributed by atoms with Crippen LogP contribution in [-0.4, -0.2) is 20.1 Å². The number of hydrogen-bond acceptors (Lipinski definition) is 2. The van der Waals surface area contributed by atoms with Crippen molar-refractivity contribution >= 4 is 5.69 Å². The molecular formula is C13H20N2. The van der Waals surface area contributed by atoms with Crippen LogP contribution in [0.2, 0.25) is 0 Å². The summed E-state index contributed by atoms with van der Waals surface area (Å²) in [5, 5.41) is 0. The van der Waals surface area contributed by atoms with Crippen LogP contribution in [0.4, 0.5) is 5.69 Å². The minimum atomic E-state index is 0.551. The van der Waals surface area contributed by atoms with Crippen molar-refractivity contribution in [1.82, 2.24) is 0 Å². The second-order valence-corrected chi connectivity index (χ2v) is 4.10. The van der Waals surface area contributed by atoms with Gasteiger partial charge in [0.2, 0.25) is 0 Å². The van der Waals surface area contributed by atoms with Crippen LogP contribution in [0, 0.1) is 13.8 Å². The van der Waals surface area contributed by atoms with Crippen LogP contribution in [0.5, 0.6) is 0 Å². The van der Waals surface area contributed by atoms with Crippen LogP contribution < -0.4 is 10.6 Å². The van der Waals surface area contributed by atoms with E-state index < -0.39 is 0 Å². The van der Waals surface area contributed by atoms with E-state index in [1.54, 1.807) is 0 Å². The average molecular weight is 204 g/mol. The molecule has 0 fully saturated rings. The van der Waals surface area contributed by atoms with Crippen molar-refractivity contribution in [2.45, 2.75) is 13.8 Å². The van der Waals surface area contributed by atoms with E-state index in [0.717, 1.165) is 12.1 Å². The van der Waals surface area contributed by atoms with E-state index in [1.165, 1.54) is 16.8 Å². The Kier molecular flexibility index (Phi) is 3.92. The summed E-state index contributed by atoms with van der Waals surface area (Å²) in [6.07, 6.45) is 0. The van der Waals surface area contributed by atoms with Crippen molar-refractivity contribution in [1.29, 1.82) is 0 Å². The molecule has 0 aliphatic rings. The van der Waals surface area contributed by atoms with Crippen molar-refractivity contribution in [2.75, 3.05) is 25.0 Å². The number of nitrogens with zero attached hydrogens (tertiary/aromatic N) is 1. The molecule has 0 aromatic heterocycles. The fraction of sp³-hybridized carbons (Fsp3) is 0.385. The Morgan fingerprint density at radius 3 is 2.60 bits per heavy atom. The molecule has 2 heteroatoms. The predicted octanol–water partition coefficient (Wildman–Crippen LogP) is 2.25. The van der Waals surface area contributed by atoms with Crippen molar-refractivity contribution in [3.05, 3.63) is 41.5 Å². The van der Waals surface area contributed by atoms with Gasteiger partial charge in [-0.05, 0) is 31.1 Å². The largest absolute Gasteiger partial charge is 0.370 e. The molecule has 0 atom stereocenters. The highest BCUT2D eigenvalue weighted by Gasteiger charge is 2.05. The molecule has 0 saturated heterocycles. The van der Waals surface area contributed by atoms with E-state index in [-0.39, 0.29) is 0 Å². The molecule has 0 bridgehead atoms. The second-order valence-electron chi connectivity index (χ2n) is 4.10. The van der Waals surface area contributed by atoms with Gasteiger partial charge in [0, 0.05) is 25.8 Å². The summed E-state index contributed by atoms with van der Waals surface area (Å²) in [5.74, 6) is 0. The molecule has 0 heterocycles. The zero-order valence-electron chi connectivity index (χ0n) is 9.88. The van der Waals surface area contributed by atoms with E-state index in [0.29, 0.717) is 6.54 Å². The van der Waals surface area contributed by atoms with E-state index in [4.69, 9.17) is 5.73 Å². The third-order valence-corrected chi connectivity index (χ3v) is 2.51. The first-order valence-corrected chi connectivity index (χ1v) is 5.19. The van der Waals surface area contributed by atoms with Gasteiger partial charge in [-0.15, -0.1) is 0 Å². The standard InChI is InChI=1S/C13H20N2/c1-10-5-6-13(12(3)7-10)15(4)9-11(2)8-14/h5-7H,2,8-9,14H2,1,3-4H3. The van der Waals surface area contributed by atoms with Crippen LogP contribution >= 0.6 is 0 Å². The molecule has 0 spiro atoms. The molecule has 0 aliphatic carbocycles. The highest BCUT2D eigenvalue weighted by atomic mass is 15.1. The molecule has 2 N–H and O–H groups in total. The number of rotatable bonds is 4. The molecule has 0 radical (unpaired) electrons. The zero-order valence-corrected chi connectivity index (χ0v) is 9.88. The first-order chi connectivity index (χ1) is 7.04. The molecule has 2 nitrogen and oxygen atoms in total. The lowest BCUT2D eigenvalue weighted by molar-refractivity contribution is 0.943.